The van der Waals surface area contributed by atoms with Crippen molar-refractivity contribution in [3.8, 4) is 12.3 Å². The highest BCUT2D eigenvalue weighted by atomic mass is 31.2. The molecule has 0 aromatic heterocycles. The summed E-state index contributed by atoms with van der Waals surface area (Å²) in [6.45, 7) is -0.623. The maximum atomic E-state index is 12.3. The molecule has 1 saturated heterocycles. The van der Waals surface area contributed by atoms with E-state index >= 15 is 0 Å². The lowest BCUT2D eigenvalue weighted by Gasteiger charge is -2.07. The van der Waals surface area contributed by atoms with Gasteiger partial charge in [-0.15, -0.1) is 6.42 Å². The predicted molar refractivity (Wildman–Crippen MR) is 42.7 cm³/mol. The van der Waals surface area contributed by atoms with Gasteiger partial charge in [-0.3, -0.25) is 13.5 Å². The van der Waals surface area contributed by atoms with Crippen LogP contribution in [0.5, 0.6) is 0 Å². The summed E-state index contributed by atoms with van der Waals surface area (Å²) in [5, 5.41) is 0. The third-order valence-electron chi connectivity index (χ3n) is 1.80. The van der Waals surface area contributed by atoms with Crippen molar-refractivity contribution >= 4 is 7.60 Å². The van der Waals surface area contributed by atoms with Gasteiger partial charge in [0.2, 0.25) is 0 Å². The second-order valence-electron chi connectivity index (χ2n) is 2.58. The van der Waals surface area contributed by atoms with E-state index in [9.17, 15) is 8.96 Å². The summed E-state index contributed by atoms with van der Waals surface area (Å²) in [4.78, 5) is 0. The predicted octanol–water partition coefficient (Wildman–Crippen LogP) is 1.44. The second-order valence-corrected chi connectivity index (χ2v) is 4.75. The van der Waals surface area contributed by atoms with Crippen LogP contribution < -0.4 is 0 Å². The fourth-order valence-electron chi connectivity index (χ4n) is 1.10. The van der Waals surface area contributed by atoms with Crippen LogP contribution in [0.4, 0.5) is 4.39 Å². The van der Waals surface area contributed by atoms with E-state index in [0.717, 1.165) is 0 Å². The Bertz CT molecular complexity index is 248. The van der Waals surface area contributed by atoms with Crippen molar-refractivity contribution in [3.63, 3.8) is 0 Å². The number of alkyl halides is 1. The number of hydrogen-bond donors (Lipinski definition) is 0. The van der Waals surface area contributed by atoms with Gasteiger partial charge in [0.25, 0.3) is 0 Å². The fraction of sp³-hybridized carbons (Fsp3) is 0.714. The van der Waals surface area contributed by atoms with Gasteiger partial charge in [0.15, 0.2) is 0 Å². The van der Waals surface area contributed by atoms with E-state index in [0.29, 0.717) is 0 Å². The standard InChI is InChI=1S/C7H10FO3P/c1-3-7-6(4-8)5-12(9,10-2)11-7/h1,6-7H,4-5H2,2H3. The van der Waals surface area contributed by atoms with Crippen LogP contribution in [0.1, 0.15) is 0 Å². The Morgan fingerprint density at radius 3 is 2.92 bits per heavy atom. The van der Waals surface area contributed by atoms with E-state index in [2.05, 4.69) is 10.4 Å². The molecule has 0 N–H and O–H groups in total. The van der Waals surface area contributed by atoms with E-state index in [1.807, 2.05) is 0 Å². The molecule has 0 saturated carbocycles. The first kappa shape index (κ1) is 9.73. The maximum absolute atomic E-state index is 12.3. The zero-order chi connectivity index (χ0) is 9.19. The zero-order valence-electron chi connectivity index (χ0n) is 6.70. The van der Waals surface area contributed by atoms with Crippen molar-refractivity contribution in [3.05, 3.63) is 0 Å². The molecule has 0 aromatic rings. The Balaban J connectivity index is 2.73. The molecule has 3 unspecified atom stereocenters. The average molecular weight is 192 g/mol. The molecule has 3 atom stereocenters. The third-order valence-corrected chi connectivity index (χ3v) is 3.82. The van der Waals surface area contributed by atoms with Crippen molar-refractivity contribution < 1.29 is 18.0 Å². The quantitative estimate of drug-likeness (QED) is 0.490. The van der Waals surface area contributed by atoms with Gasteiger partial charge in [0.05, 0.1) is 12.8 Å². The van der Waals surface area contributed by atoms with E-state index in [1.165, 1.54) is 7.11 Å². The molecule has 1 fully saturated rings. The van der Waals surface area contributed by atoms with Gasteiger partial charge in [-0.1, -0.05) is 5.92 Å². The number of halogens is 1. The van der Waals surface area contributed by atoms with Gasteiger partial charge < -0.3 is 4.52 Å². The lowest BCUT2D eigenvalue weighted by atomic mass is 10.1. The largest absolute Gasteiger partial charge is 0.332 e. The molecule has 1 heterocycles. The Morgan fingerprint density at radius 1 is 1.92 bits per heavy atom. The first-order valence-electron chi connectivity index (χ1n) is 3.50. The topological polar surface area (TPSA) is 35.5 Å². The molecule has 0 amide bonds. The third kappa shape index (κ3) is 1.69. The second kappa shape index (κ2) is 3.57. The van der Waals surface area contributed by atoms with Gasteiger partial charge in [-0.2, -0.15) is 0 Å². The van der Waals surface area contributed by atoms with Crippen molar-refractivity contribution in [1.29, 1.82) is 0 Å². The highest BCUT2D eigenvalue weighted by Crippen LogP contribution is 2.56. The summed E-state index contributed by atoms with van der Waals surface area (Å²) in [7, 11) is -1.81. The van der Waals surface area contributed by atoms with Crippen LogP contribution >= 0.6 is 7.60 Å². The van der Waals surface area contributed by atoms with Crippen LogP contribution in [0.2, 0.25) is 0 Å². The maximum Gasteiger partial charge on any atom is 0.332 e. The number of hydrogen-bond acceptors (Lipinski definition) is 3. The minimum atomic E-state index is -3.08. The van der Waals surface area contributed by atoms with Gasteiger partial charge in [-0.25, -0.2) is 0 Å². The van der Waals surface area contributed by atoms with Crippen LogP contribution in [0.15, 0.2) is 0 Å². The summed E-state index contributed by atoms with van der Waals surface area (Å²) >= 11 is 0. The minimum Gasteiger partial charge on any atom is -0.312 e. The summed E-state index contributed by atoms with van der Waals surface area (Å²) in [6, 6.07) is 0. The molecule has 0 aliphatic carbocycles. The molecule has 1 aliphatic heterocycles. The van der Waals surface area contributed by atoms with Crippen molar-refractivity contribution in [1.82, 2.24) is 0 Å². The average Bonchev–Trinajstić information content (AvgIpc) is 2.43. The number of terminal acetylenes is 1. The highest BCUT2D eigenvalue weighted by molar-refractivity contribution is 7.54. The molecule has 3 nitrogen and oxygen atoms in total. The molecule has 0 spiro atoms. The molecule has 0 radical (unpaired) electrons. The summed E-state index contributed by atoms with van der Waals surface area (Å²) in [6.07, 6.45) is 4.43. The van der Waals surface area contributed by atoms with Gasteiger partial charge in [-0.05, 0) is 0 Å². The molecule has 1 rings (SSSR count). The highest BCUT2D eigenvalue weighted by Gasteiger charge is 2.42. The van der Waals surface area contributed by atoms with E-state index in [1.54, 1.807) is 0 Å². The smallest absolute Gasteiger partial charge is 0.312 e. The monoisotopic (exact) mass is 192 g/mol. The van der Waals surface area contributed by atoms with Gasteiger partial charge >= 0.3 is 7.60 Å². The molecular weight excluding hydrogens is 182 g/mol. The van der Waals surface area contributed by atoms with Crippen LogP contribution in [-0.4, -0.2) is 26.1 Å². The van der Waals surface area contributed by atoms with Crippen LogP contribution in [-0.2, 0) is 13.6 Å². The molecule has 0 bridgehead atoms. The molecule has 12 heavy (non-hydrogen) atoms. The molecule has 0 aromatic carbocycles. The Kier molecular flexibility index (Phi) is 2.89. The summed E-state index contributed by atoms with van der Waals surface area (Å²) in [5.41, 5.74) is 0. The Labute approximate surface area is 70.8 Å². The first-order valence-corrected chi connectivity index (χ1v) is 5.23. The van der Waals surface area contributed by atoms with E-state index < -0.39 is 26.3 Å². The Morgan fingerprint density at radius 2 is 2.58 bits per heavy atom. The van der Waals surface area contributed by atoms with Crippen molar-refractivity contribution in [2.24, 2.45) is 5.92 Å². The zero-order valence-corrected chi connectivity index (χ0v) is 7.59. The van der Waals surface area contributed by atoms with Crippen molar-refractivity contribution in [2.45, 2.75) is 6.10 Å². The summed E-state index contributed by atoms with van der Waals surface area (Å²) < 4.78 is 33.2. The molecular formula is C7H10FO3P. The fourth-order valence-corrected chi connectivity index (χ4v) is 2.86. The molecule has 1 aliphatic rings. The lowest BCUT2D eigenvalue weighted by Crippen LogP contribution is -2.16. The van der Waals surface area contributed by atoms with Gasteiger partial charge in [0.1, 0.15) is 6.10 Å². The van der Waals surface area contributed by atoms with Crippen LogP contribution in [0.25, 0.3) is 0 Å². The molecule has 5 heteroatoms. The SMILES string of the molecule is C#CC1OP(=O)(OC)CC1CF. The summed E-state index contributed by atoms with van der Waals surface area (Å²) in [5.74, 6) is 1.75. The van der Waals surface area contributed by atoms with Crippen molar-refractivity contribution in [2.75, 3.05) is 19.9 Å². The van der Waals surface area contributed by atoms with Crippen LogP contribution in [0.3, 0.4) is 0 Å². The van der Waals surface area contributed by atoms with E-state index in [-0.39, 0.29) is 6.16 Å². The van der Waals surface area contributed by atoms with Gasteiger partial charge in [0, 0.05) is 13.0 Å². The number of rotatable bonds is 2. The normalized spacial score (nSPS) is 41.1. The molecule has 68 valence electrons. The van der Waals surface area contributed by atoms with E-state index in [4.69, 9.17) is 10.9 Å². The van der Waals surface area contributed by atoms with Crippen LogP contribution in [0, 0.1) is 18.3 Å². The Hall–Kier alpha value is -0.360. The first-order chi connectivity index (χ1) is 5.65. The minimum absolute atomic E-state index is 0.0782. The lowest BCUT2D eigenvalue weighted by molar-refractivity contribution is 0.192.